The molecule has 0 bridgehead atoms. The zero-order chi connectivity index (χ0) is 11.5. The van der Waals surface area contributed by atoms with Gasteiger partial charge in [0.15, 0.2) is 0 Å². The second-order valence-corrected chi connectivity index (χ2v) is 4.06. The van der Waals surface area contributed by atoms with E-state index in [-0.39, 0.29) is 18.1 Å². The van der Waals surface area contributed by atoms with E-state index in [2.05, 4.69) is 0 Å². The maximum Gasteiger partial charge on any atom is 0.143 e. The smallest absolute Gasteiger partial charge is 0.143 e. The molecule has 1 aromatic carbocycles. The summed E-state index contributed by atoms with van der Waals surface area (Å²) < 4.78 is 13.4. The molecule has 1 aromatic rings. The number of aliphatic hydroxyl groups excluding tert-OH is 1. The van der Waals surface area contributed by atoms with Gasteiger partial charge in [0.05, 0.1) is 5.56 Å². The van der Waals surface area contributed by atoms with Crippen LogP contribution in [0, 0.1) is 23.1 Å². The third-order valence-electron chi connectivity index (χ3n) is 2.98. The van der Waals surface area contributed by atoms with Crippen LogP contribution in [0.5, 0.6) is 0 Å². The van der Waals surface area contributed by atoms with E-state index in [0.29, 0.717) is 0 Å². The van der Waals surface area contributed by atoms with Gasteiger partial charge in [-0.15, -0.1) is 0 Å². The topological polar surface area (TPSA) is 47.3 Å². The monoisotopic (exact) mass is 220 g/mol. The number of hydrogen-bond donors (Lipinski definition) is 1. The first-order valence-electron chi connectivity index (χ1n) is 5.30. The molecule has 16 heavy (non-hydrogen) atoms. The van der Waals surface area contributed by atoms with Gasteiger partial charge in [0, 0.05) is 31.3 Å². The molecular weight excluding hydrogens is 207 g/mol. The van der Waals surface area contributed by atoms with E-state index in [9.17, 15) is 4.39 Å². The van der Waals surface area contributed by atoms with Crippen molar-refractivity contribution < 1.29 is 9.50 Å². The van der Waals surface area contributed by atoms with Gasteiger partial charge < -0.3 is 10.0 Å². The number of anilines is 1. The van der Waals surface area contributed by atoms with Crippen molar-refractivity contribution in [2.24, 2.45) is 5.92 Å². The number of halogens is 1. The number of hydrogen-bond acceptors (Lipinski definition) is 3. The summed E-state index contributed by atoms with van der Waals surface area (Å²) in [5.74, 6) is -0.203. The van der Waals surface area contributed by atoms with Crippen LogP contribution in [0.4, 0.5) is 10.1 Å². The Hall–Kier alpha value is -1.60. The Labute approximate surface area is 93.7 Å². The summed E-state index contributed by atoms with van der Waals surface area (Å²) in [7, 11) is 0. The van der Waals surface area contributed by atoms with E-state index in [0.717, 1.165) is 25.2 Å². The summed E-state index contributed by atoms with van der Waals surface area (Å²) >= 11 is 0. The molecule has 3 nitrogen and oxygen atoms in total. The fraction of sp³-hybridized carbons (Fsp3) is 0.417. The maximum atomic E-state index is 13.4. The fourth-order valence-electron chi connectivity index (χ4n) is 2.01. The molecule has 1 saturated heterocycles. The molecule has 1 unspecified atom stereocenters. The summed E-state index contributed by atoms with van der Waals surface area (Å²) in [5.41, 5.74) is 0.856. The minimum atomic E-state index is -0.479. The molecule has 1 heterocycles. The number of rotatable bonds is 2. The highest BCUT2D eigenvalue weighted by Crippen LogP contribution is 2.25. The zero-order valence-electron chi connectivity index (χ0n) is 8.86. The Bertz CT molecular complexity index is 428. The van der Waals surface area contributed by atoms with Gasteiger partial charge in [-0.25, -0.2) is 4.39 Å². The Morgan fingerprint density at radius 1 is 1.56 bits per heavy atom. The molecule has 0 amide bonds. The van der Waals surface area contributed by atoms with E-state index in [1.54, 1.807) is 12.1 Å². The van der Waals surface area contributed by atoms with Gasteiger partial charge in [-0.1, -0.05) is 0 Å². The van der Waals surface area contributed by atoms with Crippen molar-refractivity contribution in [2.75, 3.05) is 24.6 Å². The third-order valence-corrected chi connectivity index (χ3v) is 2.98. The van der Waals surface area contributed by atoms with Crippen molar-refractivity contribution in [1.29, 1.82) is 5.26 Å². The minimum absolute atomic E-state index is 0.0710. The molecule has 0 saturated carbocycles. The van der Waals surface area contributed by atoms with Crippen LogP contribution in [-0.2, 0) is 0 Å². The molecule has 4 heteroatoms. The van der Waals surface area contributed by atoms with Crippen LogP contribution in [0.1, 0.15) is 12.0 Å². The van der Waals surface area contributed by atoms with Crippen LogP contribution < -0.4 is 4.90 Å². The Morgan fingerprint density at radius 3 is 2.94 bits per heavy atom. The predicted molar refractivity (Wildman–Crippen MR) is 58.5 cm³/mol. The Kier molecular flexibility index (Phi) is 3.07. The molecule has 1 fully saturated rings. The molecule has 1 aliphatic rings. The molecule has 1 aliphatic heterocycles. The van der Waals surface area contributed by atoms with Crippen LogP contribution in [0.25, 0.3) is 0 Å². The highest BCUT2D eigenvalue weighted by Gasteiger charge is 2.22. The number of aliphatic hydroxyl groups is 1. The summed E-state index contributed by atoms with van der Waals surface area (Å²) in [6, 6.07) is 6.44. The lowest BCUT2D eigenvalue weighted by atomic mass is 10.1. The fourth-order valence-corrected chi connectivity index (χ4v) is 2.01. The lowest BCUT2D eigenvalue weighted by Crippen LogP contribution is -2.20. The quantitative estimate of drug-likeness (QED) is 0.822. The van der Waals surface area contributed by atoms with Gasteiger partial charge >= 0.3 is 0 Å². The first kappa shape index (κ1) is 10.9. The van der Waals surface area contributed by atoms with Crippen LogP contribution >= 0.6 is 0 Å². The van der Waals surface area contributed by atoms with Crippen LogP contribution in [0.3, 0.4) is 0 Å². The maximum absolute atomic E-state index is 13.4. The molecular formula is C12H13FN2O. The standard InChI is InChI=1S/C12H13FN2O/c13-12-5-11(2-1-10(12)6-14)15-4-3-9(7-15)8-16/h1-2,5,9,16H,3-4,7-8H2. The van der Waals surface area contributed by atoms with Crippen molar-refractivity contribution in [3.63, 3.8) is 0 Å². The van der Waals surface area contributed by atoms with Crippen molar-refractivity contribution in [3.8, 4) is 6.07 Å². The average Bonchev–Trinajstić information content (AvgIpc) is 2.77. The Morgan fingerprint density at radius 2 is 2.38 bits per heavy atom. The molecule has 0 spiro atoms. The summed E-state index contributed by atoms with van der Waals surface area (Å²) in [5, 5.41) is 17.6. The Balaban J connectivity index is 2.17. The van der Waals surface area contributed by atoms with E-state index in [1.807, 2.05) is 4.90 Å². The van der Waals surface area contributed by atoms with E-state index < -0.39 is 5.82 Å². The van der Waals surface area contributed by atoms with Gasteiger partial charge in [-0.05, 0) is 24.6 Å². The average molecular weight is 220 g/mol. The molecule has 1 atom stereocenters. The van der Waals surface area contributed by atoms with Crippen LogP contribution in [-0.4, -0.2) is 24.8 Å². The van der Waals surface area contributed by atoms with Crippen molar-refractivity contribution in [1.82, 2.24) is 0 Å². The van der Waals surface area contributed by atoms with Crippen LogP contribution in [0.15, 0.2) is 18.2 Å². The van der Waals surface area contributed by atoms with Gasteiger partial charge in [0.25, 0.3) is 0 Å². The van der Waals surface area contributed by atoms with E-state index in [4.69, 9.17) is 10.4 Å². The van der Waals surface area contributed by atoms with Crippen molar-refractivity contribution >= 4 is 5.69 Å². The minimum Gasteiger partial charge on any atom is -0.396 e. The number of nitrogens with zero attached hydrogens (tertiary/aromatic N) is 2. The molecule has 84 valence electrons. The second kappa shape index (κ2) is 4.50. The lowest BCUT2D eigenvalue weighted by molar-refractivity contribution is 0.238. The number of nitriles is 1. The highest BCUT2D eigenvalue weighted by molar-refractivity contribution is 5.51. The van der Waals surface area contributed by atoms with Crippen molar-refractivity contribution in [3.05, 3.63) is 29.6 Å². The van der Waals surface area contributed by atoms with Crippen LogP contribution in [0.2, 0.25) is 0 Å². The molecule has 0 radical (unpaired) electrons. The van der Waals surface area contributed by atoms with Gasteiger partial charge in [0.1, 0.15) is 11.9 Å². The summed E-state index contributed by atoms with van der Waals surface area (Å²) in [6.07, 6.45) is 0.929. The van der Waals surface area contributed by atoms with Gasteiger partial charge in [-0.3, -0.25) is 0 Å². The normalized spacial score (nSPS) is 19.8. The molecule has 0 aliphatic carbocycles. The highest BCUT2D eigenvalue weighted by atomic mass is 19.1. The van der Waals surface area contributed by atoms with Gasteiger partial charge in [-0.2, -0.15) is 5.26 Å². The summed E-state index contributed by atoms with van der Waals surface area (Å²) in [4.78, 5) is 2.03. The second-order valence-electron chi connectivity index (χ2n) is 4.06. The molecule has 2 rings (SSSR count). The molecule has 1 N–H and O–H groups in total. The number of benzene rings is 1. The lowest BCUT2D eigenvalue weighted by Gasteiger charge is -2.18. The van der Waals surface area contributed by atoms with E-state index in [1.165, 1.54) is 12.1 Å². The van der Waals surface area contributed by atoms with Crippen molar-refractivity contribution in [2.45, 2.75) is 6.42 Å². The van der Waals surface area contributed by atoms with E-state index >= 15 is 0 Å². The first-order valence-corrected chi connectivity index (χ1v) is 5.30. The summed E-state index contributed by atoms with van der Waals surface area (Å²) in [6.45, 7) is 1.76. The zero-order valence-corrected chi connectivity index (χ0v) is 8.86. The molecule has 0 aromatic heterocycles. The third kappa shape index (κ3) is 2.00. The largest absolute Gasteiger partial charge is 0.396 e. The predicted octanol–water partition coefficient (Wildman–Crippen LogP) is 1.52. The first-order chi connectivity index (χ1) is 7.74. The SMILES string of the molecule is N#Cc1ccc(N2CCC(CO)C2)cc1F. The van der Waals surface area contributed by atoms with Gasteiger partial charge in [0.2, 0.25) is 0 Å².